The van der Waals surface area contributed by atoms with Crippen molar-refractivity contribution in [1.29, 1.82) is 0 Å². The molecule has 25 heavy (non-hydrogen) atoms. The van der Waals surface area contributed by atoms with Crippen LogP contribution in [0.2, 0.25) is 0 Å². The average Bonchev–Trinajstić information content (AvgIpc) is 2.70. The summed E-state index contributed by atoms with van der Waals surface area (Å²) in [5.74, 6) is 0.273. The van der Waals surface area contributed by atoms with Gasteiger partial charge in [-0.3, -0.25) is 0 Å². The van der Waals surface area contributed by atoms with Crippen LogP contribution in [-0.2, 0) is 0 Å². The number of nitrogens with zero attached hydrogens (tertiary/aromatic N) is 2. The van der Waals surface area contributed by atoms with E-state index >= 15 is 0 Å². The molecule has 0 spiro atoms. The molecule has 1 aromatic heterocycles. The largest absolute Gasteiger partial charge is 0.382 e. The molecule has 0 saturated heterocycles. The van der Waals surface area contributed by atoms with Crippen molar-refractivity contribution in [2.24, 2.45) is 0 Å². The Bertz CT molecular complexity index is 907. The van der Waals surface area contributed by atoms with Gasteiger partial charge in [-0.25, -0.2) is 0 Å². The molecule has 3 nitrogen and oxygen atoms in total. The van der Waals surface area contributed by atoms with E-state index in [2.05, 4.69) is 82.2 Å². The fourth-order valence-corrected chi connectivity index (χ4v) is 3.16. The van der Waals surface area contributed by atoms with Crippen LogP contribution in [0.4, 0.5) is 5.69 Å². The van der Waals surface area contributed by atoms with E-state index in [-0.39, 0.29) is 5.92 Å². The third kappa shape index (κ3) is 3.36. The lowest BCUT2D eigenvalue weighted by Gasteiger charge is -2.20. The van der Waals surface area contributed by atoms with E-state index in [1.54, 1.807) is 6.20 Å². The molecule has 0 aliphatic heterocycles. The number of benzene rings is 3. The normalized spacial score (nSPS) is 10.9. The lowest BCUT2D eigenvalue weighted by molar-refractivity contribution is 0.852. The van der Waals surface area contributed by atoms with Gasteiger partial charge in [0.15, 0.2) is 0 Å². The van der Waals surface area contributed by atoms with E-state index in [9.17, 15) is 0 Å². The number of hydrogen-bond donors (Lipinski definition) is 1. The SMILES string of the molecule is c1ccc(C(CNc2cnnc3ccccc23)c2ccccc2)cc1. The van der Waals surface area contributed by atoms with Crippen LogP contribution in [0, 0.1) is 0 Å². The zero-order valence-corrected chi connectivity index (χ0v) is 13.8. The monoisotopic (exact) mass is 325 g/mol. The Hall–Kier alpha value is -3.20. The fraction of sp³-hybridized carbons (Fsp3) is 0.0909. The van der Waals surface area contributed by atoms with Gasteiger partial charge in [0, 0.05) is 17.8 Å². The van der Waals surface area contributed by atoms with Gasteiger partial charge in [0.1, 0.15) is 0 Å². The molecule has 0 aliphatic rings. The maximum atomic E-state index is 4.20. The molecule has 1 heterocycles. The highest BCUT2D eigenvalue weighted by Crippen LogP contribution is 2.26. The van der Waals surface area contributed by atoms with Crippen LogP contribution in [0.3, 0.4) is 0 Å². The summed E-state index contributed by atoms with van der Waals surface area (Å²) in [5, 5.41) is 13.0. The van der Waals surface area contributed by atoms with Crippen LogP contribution >= 0.6 is 0 Å². The Morgan fingerprint density at radius 3 is 2.00 bits per heavy atom. The van der Waals surface area contributed by atoms with Crippen molar-refractivity contribution in [3.63, 3.8) is 0 Å². The highest BCUT2D eigenvalue weighted by atomic mass is 15.1. The van der Waals surface area contributed by atoms with E-state index in [0.717, 1.165) is 23.1 Å². The summed E-state index contributed by atoms with van der Waals surface area (Å²) in [6.45, 7) is 0.795. The Kier molecular flexibility index (Phi) is 4.38. The van der Waals surface area contributed by atoms with Gasteiger partial charge in [-0.05, 0) is 17.2 Å². The number of anilines is 1. The van der Waals surface area contributed by atoms with Gasteiger partial charge in [0.25, 0.3) is 0 Å². The van der Waals surface area contributed by atoms with Gasteiger partial charge in [-0.15, -0.1) is 0 Å². The minimum absolute atomic E-state index is 0.273. The molecule has 3 aromatic carbocycles. The molecule has 0 saturated carbocycles. The molecule has 4 aromatic rings. The first-order valence-corrected chi connectivity index (χ1v) is 8.46. The molecule has 0 bridgehead atoms. The fourth-order valence-electron chi connectivity index (χ4n) is 3.16. The summed E-state index contributed by atoms with van der Waals surface area (Å²) in [5.41, 5.74) is 4.52. The first kappa shape index (κ1) is 15.3. The molecule has 0 radical (unpaired) electrons. The smallest absolute Gasteiger partial charge is 0.0950 e. The van der Waals surface area contributed by atoms with E-state index in [1.165, 1.54) is 11.1 Å². The summed E-state index contributed by atoms with van der Waals surface area (Å²) in [7, 11) is 0. The average molecular weight is 325 g/mol. The van der Waals surface area contributed by atoms with Crippen LogP contribution in [0.1, 0.15) is 17.0 Å². The number of nitrogens with one attached hydrogen (secondary N) is 1. The van der Waals surface area contributed by atoms with Crippen LogP contribution in [0.25, 0.3) is 10.9 Å². The van der Waals surface area contributed by atoms with E-state index in [0.29, 0.717) is 0 Å². The quantitative estimate of drug-likeness (QED) is 0.568. The second kappa shape index (κ2) is 7.14. The molecule has 1 N–H and O–H groups in total. The molecular weight excluding hydrogens is 306 g/mol. The number of hydrogen-bond acceptors (Lipinski definition) is 3. The van der Waals surface area contributed by atoms with Crippen LogP contribution in [0.5, 0.6) is 0 Å². The standard InChI is InChI=1S/C22H19N3/c1-3-9-17(10-4-1)20(18-11-5-2-6-12-18)15-23-22-16-24-25-21-14-8-7-13-19(21)22/h1-14,16,20H,15H2,(H,23,25). The zero-order valence-electron chi connectivity index (χ0n) is 13.8. The van der Waals surface area contributed by atoms with Gasteiger partial charge in [0.2, 0.25) is 0 Å². The van der Waals surface area contributed by atoms with E-state index in [1.807, 2.05) is 18.2 Å². The van der Waals surface area contributed by atoms with Crippen molar-refractivity contribution in [2.45, 2.75) is 5.92 Å². The van der Waals surface area contributed by atoms with Crippen molar-refractivity contribution in [2.75, 3.05) is 11.9 Å². The summed E-state index contributed by atoms with van der Waals surface area (Å²) < 4.78 is 0. The van der Waals surface area contributed by atoms with Gasteiger partial charge >= 0.3 is 0 Å². The highest BCUT2D eigenvalue weighted by molar-refractivity contribution is 5.90. The van der Waals surface area contributed by atoms with E-state index in [4.69, 9.17) is 0 Å². The molecule has 4 rings (SSSR count). The van der Waals surface area contributed by atoms with Crippen molar-refractivity contribution in [3.05, 3.63) is 102 Å². The van der Waals surface area contributed by atoms with Gasteiger partial charge < -0.3 is 5.32 Å². The van der Waals surface area contributed by atoms with Crippen LogP contribution < -0.4 is 5.32 Å². The number of aromatic nitrogens is 2. The lowest BCUT2D eigenvalue weighted by Crippen LogP contribution is -2.14. The first-order valence-electron chi connectivity index (χ1n) is 8.46. The minimum Gasteiger partial charge on any atom is -0.382 e. The molecule has 3 heteroatoms. The Balaban J connectivity index is 1.65. The minimum atomic E-state index is 0.273. The van der Waals surface area contributed by atoms with Gasteiger partial charge in [-0.2, -0.15) is 10.2 Å². The van der Waals surface area contributed by atoms with Crippen molar-refractivity contribution in [3.8, 4) is 0 Å². The zero-order chi connectivity index (χ0) is 16.9. The second-order valence-corrected chi connectivity index (χ2v) is 6.03. The van der Waals surface area contributed by atoms with Gasteiger partial charge in [-0.1, -0.05) is 78.9 Å². The predicted octanol–water partition coefficient (Wildman–Crippen LogP) is 4.87. The molecular formula is C22H19N3. The maximum absolute atomic E-state index is 4.20. The molecule has 0 unspecified atom stereocenters. The molecule has 0 aliphatic carbocycles. The Labute approximate surface area is 147 Å². The highest BCUT2D eigenvalue weighted by Gasteiger charge is 2.14. The van der Waals surface area contributed by atoms with Crippen LogP contribution in [-0.4, -0.2) is 16.7 Å². The van der Waals surface area contributed by atoms with Crippen LogP contribution in [0.15, 0.2) is 91.1 Å². The third-order valence-corrected chi connectivity index (χ3v) is 4.45. The first-order chi connectivity index (χ1) is 12.4. The summed E-state index contributed by atoms with van der Waals surface area (Å²) >= 11 is 0. The summed E-state index contributed by atoms with van der Waals surface area (Å²) in [6, 6.07) is 29.3. The second-order valence-electron chi connectivity index (χ2n) is 6.03. The van der Waals surface area contributed by atoms with Crippen molar-refractivity contribution < 1.29 is 0 Å². The summed E-state index contributed by atoms with van der Waals surface area (Å²) in [4.78, 5) is 0. The topological polar surface area (TPSA) is 37.8 Å². The molecule has 0 amide bonds. The van der Waals surface area contributed by atoms with Crippen molar-refractivity contribution >= 4 is 16.6 Å². The molecule has 0 atom stereocenters. The Morgan fingerprint density at radius 2 is 1.32 bits per heavy atom. The Morgan fingerprint density at radius 1 is 0.720 bits per heavy atom. The predicted molar refractivity (Wildman–Crippen MR) is 103 cm³/mol. The van der Waals surface area contributed by atoms with Gasteiger partial charge in [0.05, 0.1) is 17.4 Å². The van der Waals surface area contributed by atoms with Crippen molar-refractivity contribution in [1.82, 2.24) is 10.2 Å². The lowest BCUT2D eigenvalue weighted by atomic mass is 9.91. The molecule has 122 valence electrons. The number of rotatable bonds is 5. The third-order valence-electron chi connectivity index (χ3n) is 4.45. The maximum Gasteiger partial charge on any atom is 0.0950 e. The summed E-state index contributed by atoms with van der Waals surface area (Å²) in [6.07, 6.45) is 1.80. The molecule has 0 fully saturated rings. The van der Waals surface area contributed by atoms with E-state index < -0.39 is 0 Å². The number of fused-ring (bicyclic) bond motifs is 1.